The molecule has 0 aliphatic heterocycles. The maximum absolute atomic E-state index is 5.65. The molecule has 1 aromatic carbocycles. The Balaban J connectivity index is 2.64. The normalized spacial score (nSPS) is 10.0. The molecule has 2 aromatic rings. The number of nitrogen functional groups attached to an aromatic ring is 1. The van der Waals surface area contributed by atoms with Crippen LogP contribution in [0.3, 0.4) is 0 Å². The molecular weight excluding hydrogens is 218 g/mol. The molecule has 0 bridgehead atoms. The summed E-state index contributed by atoms with van der Waals surface area (Å²) in [5.74, 6) is 1.77. The quantitative estimate of drug-likeness (QED) is 0.871. The first kappa shape index (κ1) is 11.2. The molecule has 17 heavy (non-hydrogen) atoms. The molecule has 0 unspecified atom stereocenters. The average molecular weight is 231 g/mol. The molecule has 0 fully saturated rings. The average Bonchev–Trinajstić information content (AvgIpc) is 2.37. The van der Waals surface area contributed by atoms with E-state index in [1.54, 1.807) is 20.3 Å². The van der Waals surface area contributed by atoms with E-state index in [9.17, 15) is 0 Å². The van der Waals surface area contributed by atoms with Crippen LogP contribution in [0.1, 0.15) is 0 Å². The standard InChI is InChI=1S/C12H13N3O2/c1-16-9-4-3-5-10(17-2)12(9)8-6-11(13)15-7-14-8/h3-7H,1-2H3,(H2,13,14,15). The number of aromatic nitrogens is 2. The molecule has 0 spiro atoms. The van der Waals surface area contributed by atoms with E-state index in [1.807, 2.05) is 18.2 Å². The van der Waals surface area contributed by atoms with Crippen LogP contribution in [-0.4, -0.2) is 24.2 Å². The lowest BCUT2D eigenvalue weighted by Gasteiger charge is -2.12. The predicted octanol–water partition coefficient (Wildman–Crippen LogP) is 1.74. The minimum atomic E-state index is 0.406. The van der Waals surface area contributed by atoms with Crippen LogP contribution in [0, 0.1) is 0 Å². The van der Waals surface area contributed by atoms with Crippen LogP contribution >= 0.6 is 0 Å². The SMILES string of the molecule is COc1cccc(OC)c1-c1cc(N)ncn1. The zero-order valence-corrected chi connectivity index (χ0v) is 9.68. The van der Waals surface area contributed by atoms with Crippen molar-refractivity contribution in [1.29, 1.82) is 0 Å². The van der Waals surface area contributed by atoms with Crippen LogP contribution in [0.5, 0.6) is 11.5 Å². The fourth-order valence-corrected chi connectivity index (χ4v) is 1.61. The zero-order chi connectivity index (χ0) is 12.3. The third kappa shape index (κ3) is 2.13. The second-order valence-electron chi connectivity index (χ2n) is 3.37. The lowest BCUT2D eigenvalue weighted by Crippen LogP contribution is -1.97. The molecule has 0 saturated heterocycles. The van der Waals surface area contributed by atoms with Gasteiger partial charge in [-0.15, -0.1) is 0 Å². The van der Waals surface area contributed by atoms with Crippen LogP contribution in [-0.2, 0) is 0 Å². The van der Waals surface area contributed by atoms with E-state index in [0.29, 0.717) is 23.0 Å². The third-order valence-electron chi connectivity index (χ3n) is 2.37. The van der Waals surface area contributed by atoms with Gasteiger partial charge in [-0.3, -0.25) is 0 Å². The summed E-state index contributed by atoms with van der Waals surface area (Å²) in [7, 11) is 3.20. The maximum atomic E-state index is 5.65. The van der Waals surface area contributed by atoms with Gasteiger partial charge in [-0.25, -0.2) is 9.97 Å². The Morgan fingerprint density at radius 2 is 1.71 bits per heavy atom. The Kier molecular flexibility index (Phi) is 3.09. The van der Waals surface area contributed by atoms with Gasteiger partial charge in [0.2, 0.25) is 0 Å². The summed E-state index contributed by atoms with van der Waals surface area (Å²) < 4.78 is 10.6. The summed E-state index contributed by atoms with van der Waals surface area (Å²) in [6, 6.07) is 7.22. The highest BCUT2D eigenvalue weighted by Crippen LogP contribution is 2.37. The number of hydrogen-bond acceptors (Lipinski definition) is 5. The molecule has 0 saturated carbocycles. The molecule has 0 aliphatic carbocycles. The monoisotopic (exact) mass is 231 g/mol. The summed E-state index contributed by atoms with van der Waals surface area (Å²) in [5.41, 5.74) is 7.09. The number of rotatable bonds is 3. The summed E-state index contributed by atoms with van der Waals surface area (Å²) in [6.45, 7) is 0. The summed E-state index contributed by atoms with van der Waals surface area (Å²) in [6.07, 6.45) is 1.41. The third-order valence-corrected chi connectivity index (χ3v) is 2.37. The van der Waals surface area contributed by atoms with Crippen molar-refractivity contribution >= 4 is 5.82 Å². The van der Waals surface area contributed by atoms with Gasteiger partial charge in [-0.2, -0.15) is 0 Å². The fraction of sp³-hybridized carbons (Fsp3) is 0.167. The van der Waals surface area contributed by atoms with Crippen LogP contribution in [0.15, 0.2) is 30.6 Å². The van der Waals surface area contributed by atoms with E-state index < -0.39 is 0 Å². The second-order valence-corrected chi connectivity index (χ2v) is 3.37. The van der Waals surface area contributed by atoms with E-state index >= 15 is 0 Å². The fourth-order valence-electron chi connectivity index (χ4n) is 1.61. The van der Waals surface area contributed by atoms with Crippen molar-refractivity contribution < 1.29 is 9.47 Å². The minimum Gasteiger partial charge on any atom is -0.496 e. The van der Waals surface area contributed by atoms with Gasteiger partial charge in [-0.05, 0) is 12.1 Å². The molecule has 5 heteroatoms. The second kappa shape index (κ2) is 4.69. The van der Waals surface area contributed by atoms with E-state index in [-0.39, 0.29) is 0 Å². The van der Waals surface area contributed by atoms with Gasteiger partial charge in [0.25, 0.3) is 0 Å². The number of ether oxygens (including phenoxy) is 2. The minimum absolute atomic E-state index is 0.406. The first-order valence-corrected chi connectivity index (χ1v) is 5.05. The Bertz CT molecular complexity index is 507. The molecule has 2 N–H and O–H groups in total. The lowest BCUT2D eigenvalue weighted by atomic mass is 10.1. The molecular formula is C12H13N3O2. The van der Waals surface area contributed by atoms with Gasteiger partial charge in [0.05, 0.1) is 25.5 Å². The number of benzene rings is 1. The zero-order valence-electron chi connectivity index (χ0n) is 9.68. The van der Waals surface area contributed by atoms with Crippen molar-refractivity contribution in [3.63, 3.8) is 0 Å². The number of anilines is 1. The summed E-state index contributed by atoms with van der Waals surface area (Å²) in [5, 5.41) is 0. The molecule has 1 aromatic heterocycles. The van der Waals surface area contributed by atoms with Crippen LogP contribution in [0.2, 0.25) is 0 Å². The number of nitrogens with two attached hydrogens (primary N) is 1. The van der Waals surface area contributed by atoms with Gasteiger partial charge in [-0.1, -0.05) is 6.07 Å². The number of hydrogen-bond donors (Lipinski definition) is 1. The number of nitrogens with zero attached hydrogens (tertiary/aromatic N) is 2. The van der Waals surface area contributed by atoms with Crippen LogP contribution in [0.25, 0.3) is 11.3 Å². The Morgan fingerprint density at radius 1 is 1.06 bits per heavy atom. The largest absolute Gasteiger partial charge is 0.496 e. The smallest absolute Gasteiger partial charge is 0.132 e. The highest BCUT2D eigenvalue weighted by molar-refractivity contribution is 5.75. The summed E-state index contributed by atoms with van der Waals surface area (Å²) in [4.78, 5) is 8.04. The van der Waals surface area contributed by atoms with E-state index in [1.165, 1.54) is 6.33 Å². The molecule has 0 amide bonds. The van der Waals surface area contributed by atoms with Crippen LogP contribution < -0.4 is 15.2 Å². The molecule has 5 nitrogen and oxygen atoms in total. The Labute approximate surface area is 99.2 Å². The van der Waals surface area contributed by atoms with Crippen molar-refractivity contribution in [2.24, 2.45) is 0 Å². The lowest BCUT2D eigenvalue weighted by molar-refractivity contribution is 0.397. The molecule has 0 aliphatic rings. The van der Waals surface area contributed by atoms with E-state index in [2.05, 4.69) is 9.97 Å². The van der Waals surface area contributed by atoms with Gasteiger partial charge >= 0.3 is 0 Å². The van der Waals surface area contributed by atoms with Gasteiger partial charge in [0.1, 0.15) is 23.6 Å². The molecule has 0 atom stereocenters. The maximum Gasteiger partial charge on any atom is 0.132 e. The highest BCUT2D eigenvalue weighted by atomic mass is 16.5. The topological polar surface area (TPSA) is 70.3 Å². The van der Waals surface area contributed by atoms with Crippen molar-refractivity contribution in [3.05, 3.63) is 30.6 Å². The molecule has 0 radical (unpaired) electrons. The first-order chi connectivity index (χ1) is 8.26. The van der Waals surface area contributed by atoms with Gasteiger partial charge < -0.3 is 15.2 Å². The van der Waals surface area contributed by atoms with Gasteiger partial charge in [0.15, 0.2) is 0 Å². The van der Waals surface area contributed by atoms with E-state index in [4.69, 9.17) is 15.2 Å². The first-order valence-electron chi connectivity index (χ1n) is 5.05. The van der Waals surface area contributed by atoms with Crippen molar-refractivity contribution in [1.82, 2.24) is 9.97 Å². The Morgan fingerprint density at radius 3 is 2.24 bits per heavy atom. The molecule has 1 heterocycles. The summed E-state index contributed by atoms with van der Waals surface area (Å²) >= 11 is 0. The number of methoxy groups -OCH3 is 2. The van der Waals surface area contributed by atoms with E-state index in [0.717, 1.165) is 5.56 Å². The van der Waals surface area contributed by atoms with Crippen molar-refractivity contribution in [3.8, 4) is 22.8 Å². The predicted molar refractivity (Wildman–Crippen MR) is 65.0 cm³/mol. The highest BCUT2D eigenvalue weighted by Gasteiger charge is 2.13. The van der Waals surface area contributed by atoms with Crippen molar-refractivity contribution in [2.75, 3.05) is 20.0 Å². The Hall–Kier alpha value is -2.30. The van der Waals surface area contributed by atoms with Gasteiger partial charge in [0, 0.05) is 6.07 Å². The molecule has 2 rings (SSSR count). The van der Waals surface area contributed by atoms with Crippen molar-refractivity contribution in [2.45, 2.75) is 0 Å². The molecule has 88 valence electrons. The van der Waals surface area contributed by atoms with Crippen LogP contribution in [0.4, 0.5) is 5.82 Å².